The van der Waals surface area contributed by atoms with Crippen molar-refractivity contribution >= 4 is 17.8 Å². The van der Waals surface area contributed by atoms with Crippen LogP contribution in [0.5, 0.6) is 5.75 Å². The Labute approximate surface area is 168 Å². The monoisotopic (exact) mass is 403 g/mol. The summed E-state index contributed by atoms with van der Waals surface area (Å²) in [6.45, 7) is 5.57. The van der Waals surface area contributed by atoms with Gasteiger partial charge in [0.25, 0.3) is 5.91 Å². The van der Waals surface area contributed by atoms with Crippen molar-refractivity contribution in [2.24, 2.45) is 17.4 Å². The maximum Gasteiger partial charge on any atom is 0.317 e. The fourth-order valence-corrected chi connectivity index (χ4v) is 3.42. The fraction of sp³-hybridized carbons (Fsp3) is 0.400. The predicted octanol–water partition coefficient (Wildman–Crippen LogP) is 2.52. The zero-order chi connectivity index (χ0) is 21.0. The molecule has 156 valence electrons. The number of nitrogens with one attached hydrogen (secondary N) is 2. The Hall–Kier alpha value is -3.07. The largest absolute Gasteiger partial charge is 0.492 e. The standard InChI is InChI=1S/C20H26FN5O3/c1-12-4-6-26(7-5-12)8-9-29-17-3-2-13(21)10-14(17)16-11-15(18(22)27)19(24-16)25-20(23)28/h2-3,10-12,24H,4-9H2,1H3,(H2,22,27)(H3,23,25,28). The van der Waals surface area contributed by atoms with Gasteiger partial charge >= 0.3 is 6.03 Å². The third kappa shape index (κ3) is 5.26. The number of carbonyl (C=O) groups is 2. The molecule has 1 aliphatic rings. The molecule has 1 saturated heterocycles. The Morgan fingerprint density at radius 3 is 2.66 bits per heavy atom. The van der Waals surface area contributed by atoms with Crippen LogP contribution in [-0.2, 0) is 0 Å². The molecule has 9 heteroatoms. The first-order chi connectivity index (χ1) is 13.8. The molecule has 0 bridgehead atoms. The number of urea groups is 1. The third-order valence-electron chi connectivity index (χ3n) is 5.10. The number of hydrogen-bond acceptors (Lipinski definition) is 4. The molecule has 0 unspecified atom stereocenters. The Kier molecular flexibility index (Phi) is 6.38. The molecule has 2 heterocycles. The van der Waals surface area contributed by atoms with Gasteiger partial charge in [-0.25, -0.2) is 9.18 Å². The minimum absolute atomic E-state index is 0.0384. The number of likely N-dealkylation sites (tertiary alicyclic amines) is 1. The molecule has 8 nitrogen and oxygen atoms in total. The maximum absolute atomic E-state index is 13.9. The number of carbonyl (C=O) groups excluding carboxylic acids is 2. The van der Waals surface area contributed by atoms with E-state index in [9.17, 15) is 14.0 Å². The van der Waals surface area contributed by atoms with Gasteiger partial charge in [-0.3, -0.25) is 15.0 Å². The summed E-state index contributed by atoms with van der Waals surface area (Å²) >= 11 is 0. The highest BCUT2D eigenvalue weighted by atomic mass is 19.1. The number of piperidine rings is 1. The Morgan fingerprint density at radius 1 is 1.28 bits per heavy atom. The van der Waals surface area contributed by atoms with Crippen LogP contribution in [0.25, 0.3) is 11.3 Å². The molecule has 29 heavy (non-hydrogen) atoms. The molecule has 1 aromatic carbocycles. The van der Waals surface area contributed by atoms with E-state index in [0.29, 0.717) is 23.6 Å². The number of aromatic amines is 1. The van der Waals surface area contributed by atoms with Gasteiger partial charge in [0.05, 0.1) is 11.3 Å². The number of benzene rings is 1. The number of hydrogen-bond donors (Lipinski definition) is 4. The first-order valence-corrected chi connectivity index (χ1v) is 9.58. The minimum Gasteiger partial charge on any atom is -0.492 e. The normalized spacial score (nSPS) is 15.2. The summed E-state index contributed by atoms with van der Waals surface area (Å²) in [4.78, 5) is 28.0. The number of nitrogens with two attached hydrogens (primary N) is 2. The van der Waals surface area contributed by atoms with Crippen LogP contribution in [0, 0.1) is 11.7 Å². The molecule has 0 aliphatic carbocycles. The average molecular weight is 403 g/mol. The lowest BCUT2D eigenvalue weighted by Crippen LogP contribution is -2.35. The molecule has 1 fully saturated rings. The Balaban J connectivity index is 1.78. The van der Waals surface area contributed by atoms with Gasteiger partial charge in [-0.05, 0) is 56.1 Å². The molecular formula is C20H26FN5O3. The van der Waals surface area contributed by atoms with E-state index < -0.39 is 17.8 Å². The van der Waals surface area contributed by atoms with Crippen LogP contribution in [0.1, 0.15) is 30.1 Å². The molecule has 0 spiro atoms. The van der Waals surface area contributed by atoms with Gasteiger partial charge in [0.1, 0.15) is 24.0 Å². The Bertz CT molecular complexity index is 890. The second-order valence-corrected chi connectivity index (χ2v) is 7.34. The van der Waals surface area contributed by atoms with Crippen LogP contribution in [0.3, 0.4) is 0 Å². The molecule has 0 atom stereocenters. The smallest absolute Gasteiger partial charge is 0.317 e. The van der Waals surface area contributed by atoms with Crippen molar-refractivity contribution in [1.29, 1.82) is 0 Å². The Morgan fingerprint density at radius 2 is 2.00 bits per heavy atom. The number of H-pyrrole nitrogens is 1. The summed E-state index contributed by atoms with van der Waals surface area (Å²) in [7, 11) is 0. The zero-order valence-corrected chi connectivity index (χ0v) is 16.3. The van der Waals surface area contributed by atoms with Gasteiger partial charge in [0.15, 0.2) is 0 Å². The SMILES string of the molecule is CC1CCN(CCOc2ccc(F)cc2-c2cc(C(N)=O)c(NC(N)=O)[nH]2)CC1. The molecule has 3 amide bonds. The summed E-state index contributed by atoms with van der Waals surface area (Å²) in [5.74, 6) is 0.0511. The first-order valence-electron chi connectivity index (χ1n) is 9.58. The van der Waals surface area contributed by atoms with Crippen molar-refractivity contribution in [3.63, 3.8) is 0 Å². The van der Waals surface area contributed by atoms with Gasteiger partial charge in [-0.15, -0.1) is 0 Å². The fourth-order valence-electron chi connectivity index (χ4n) is 3.42. The van der Waals surface area contributed by atoms with E-state index in [0.717, 1.165) is 25.6 Å². The van der Waals surface area contributed by atoms with Gasteiger partial charge < -0.3 is 21.2 Å². The molecule has 0 radical (unpaired) electrons. The number of halogens is 1. The second kappa shape index (κ2) is 8.95. The van der Waals surface area contributed by atoms with E-state index in [1.54, 1.807) is 0 Å². The first kappa shape index (κ1) is 20.7. The number of rotatable bonds is 7. The lowest BCUT2D eigenvalue weighted by atomic mass is 9.99. The lowest BCUT2D eigenvalue weighted by molar-refractivity contribution is 0.100. The minimum atomic E-state index is -0.854. The second-order valence-electron chi connectivity index (χ2n) is 7.34. The van der Waals surface area contributed by atoms with Crippen LogP contribution in [0.2, 0.25) is 0 Å². The highest BCUT2D eigenvalue weighted by molar-refractivity contribution is 6.03. The van der Waals surface area contributed by atoms with E-state index in [4.69, 9.17) is 16.2 Å². The maximum atomic E-state index is 13.9. The van der Waals surface area contributed by atoms with Crippen molar-refractivity contribution in [2.45, 2.75) is 19.8 Å². The van der Waals surface area contributed by atoms with Crippen LogP contribution < -0.4 is 21.5 Å². The van der Waals surface area contributed by atoms with Crippen LogP contribution in [-0.4, -0.2) is 48.1 Å². The number of anilines is 1. The van der Waals surface area contributed by atoms with Crippen molar-refractivity contribution in [3.8, 4) is 17.0 Å². The quantitative estimate of drug-likeness (QED) is 0.566. The predicted molar refractivity (Wildman–Crippen MR) is 108 cm³/mol. The average Bonchev–Trinajstić information content (AvgIpc) is 3.07. The molecule has 1 aliphatic heterocycles. The number of primary amides is 2. The van der Waals surface area contributed by atoms with Gasteiger partial charge in [0, 0.05) is 12.1 Å². The van der Waals surface area contributed by atoms with Gasteiger partial charge in [-0.2, -0.15) is 0 Å². The summed E-state index contributed by atoms with van der Waals surface area (Å²) in [5.41, 5.74) is 11.3. The molecule has 0 saturated carbocycles. The molecule has 2 aromatic rings. The molecule has 6 N–H and O–H groups in total. The molecule has 1 aromatic heterocycles. The summed E-state index contributed by atoms with van der Waals surface area (Å²) in [6.07, 6.45) is 2.35. The number of aromatic nitrogens is 1. The topological polar surface area (TPSA) is 126 Å². The molecule has 3 rings (SSSR count). The van der Waals surface area contributed by atoms with Crippen molar-refractivity contribution in [2.75, 3.05) is 31.6 Å². The summed E-state index contributed by atoms with van der Waals surface area (Å²) < 4.78 is 19.8. The number of amides is 3. The van der Waals surface area contributed by atoms with Crippen molar-refractivity contribution in [3.05, 3.63) is 35.6 Å². The molecular weight excluding hydrogens is 377 g/mol. The van der Waals surface area contributed by atoms with Crippen LogP contribution in [0.15, 0.2) is 24.3 Å². The number of nitrogens with zero attached hydrogens (tertiary/aromatic N) is 1. The lowest BCUT2D eigenvalue weighted by Gasteiger charge is -2.30. The summed E-state index contributed by atoms with van der Waals surface area (Å²) in [5, 5.41) is 2.31. The van der Waals surface area contributed by atoms with E-state index in [1.165, 1.54) is 37.1 Å². The summed E-state index contributed by atoms with van der Waals surface area (Å²) in [6, 6.07) is 4.72. The zero-order valence-electron chi connectivity index (χ0n) is 16.3. The van der Waals surface area contributed by atoms with E-state index in [-0.39, 0.29) is 11.4 Å². The van der Waals surface area contributed by atoms with Crippen molar-refractivity contribution in [1.82, 2.24) is 9.88 Å². The van der Waals surface area contributed by atoms with Crippen LogP contribution in [0.4, 0.5) is 15.0 Å². The van der Waals surface area contributed by atoms with Gasteiger partial charge in [-0.1, -0.05) is 6.92 Å². The third-order valence-corrected chi connectivity index (χ3v) is 5.10. The van der Waals surface area contributed by atoms with E-state index in [2.05, 4.69) is 22.1 Å². The van der Waals surface area contributed by atoms with Crippen molar-refractivity contribution < 1.29 is 18.7 Å². The van der Waals surface area contributed by atoms with E-state index >= 15 is 0 Å². The highest BCUT2D eigenvalue weighted by Crippen LogP contribution is 2.33. The number of ether oxygens (including phenoxy) is 1. The highest BCUT2D eigenvalue weighted by Gasteiger charge is 2.19. The van der Waals surface area contributed by atoms with E-state index in [1.807, 2.05) is 0 Å². The van der Waals surface area contributed by atoms with Crippen LogP contribution >= 0.6 is 0 Å². The van der Waals surface area contributed by atoms with Gasteiger partial charge in [0.2, 0.25) is 0 Å².